The predicted molar refractivity (Wildman–Crippen MR) is 35.3 cm³/mol. The van der Waals surface area contributed by atoms with Crippen molar-refractivity contribution in [1.29, 1.82) is 0 Å². The molecule has 0 heterocycles. The molecule has 0 aliphatic heterocycles. The molecule has 1 N–H and O–H groups in total. The average molecular weight is 136 g/mol. The van der Waals surface area contributed by atoms with Crippen LogP contribution in [0, 0.1) is 5.92 Å². The summed E-state index contributed by atoms with van der Waals surface area (Å²) in [5.41, 5.74) is 0. The minimum Gasteiger partial charge on any atom is -1.00 e. The quantitative estimate of drug-likeness (QED) is 0.458. The van der Waals surface area contributed by atoms with Gasteiger partial charge in [0.1, 0.15) is 0 Å². The van der Waals surface area contributed by atoms with Gasteiger partial charge in [-0.1, -0.05) is 19.3 Å². The van der Waals surface area contributed by atoms with Gasteiger partial charge in [-0.3, -0.25) is 4.79 Å². The van der Waals surface area contributed by atoms with Gasteiger partial charge in [-0.15, -0.1) is 0 Å². The molecule has 0 atom stereocenters. The van der Waals surface area contributed by atoms with Crippen LogP contribution in [0.5, 0.6) is 0 Å². The van der Waals surface area contributed by atoms with Gasteiger partial charge in [-0.25, -0.2) is 0 Å². The van der Waals surface area contributed by atoms with Crippen LogP contribution < -0.4 is 18.9 Å². The minimum absolute atomic E-state index is 0. The van der Waals surface area contributed by atoms with Crippen LogP contribution in [0.2, 0.25) is 0 Å². The fourth-order valence-corrected chi connectivity index (χ4v) is 1.35. The summed E-state index contributed by atoms with van der Waals surface area (Å²) >= 11 is 0. The van der Waals surface area contributed by atoms with E-state index in [2.05, 4.69) is 0 Å². The standard InChI is InChI=1S/C7H12O2.Li.H/c8-7(9)6-4-2-1-3-5-6;;/h6H,1-5H2,(H,8,9);;/q;+1;-1. The van der Waals surface area contributed by atoms with E-state index in [0.717, 1.165) is 25.7 Å². The summed E-state index contributed by atoms with van der Waals surface area (Å²) in [6.45, 7) is 0. The van der Waals surface area contributed by atoms with E-state index in [1.165, 1.54) is 6.42 Å². The van der Waals surface area contributed by atoms with E-state index >= 15 is 0 Å². The maximum atomic E-state index is 10.4. The number of carbonyl (C=O) groups is 1. The van der Waals surface area contributed by atoms with E-state index in [-0.39, 0.29) is 26.2 Å². The molecule has 3 heteroatoms. The molecular weight excluding hydrogens is 123 g/mol. The molecule has 0 saturated heterocycles. The molecule has 0 amide bonds. The van der Waals surface area contributed by atoms with E-state index in [1.54, 1.807) is 0 Å². The monoisotopic (exact) mass is 136 g/mol. The first kappa shape index (κ1) is 10.1. The second-order valence-corrected chi connectivity index (χ2v) is 2.67. The summed E-state index contributed by atoms with van der Waals surface area (Å²) in [4.78, 5) is 10.4. The molecule has 1 rings (SSSR count). The smallest absolute Gasteiger partial charge is 1.00 e. The number of aliphatic carboxylic acids is 1. The van der Waals surface area contributed by atoms with Crippen LogP contribution in [0.1, 0.15) is 33.5 Å². The van der Waals surface area contributed by atoms with Gasteiger partial charge in [0.2, 0.25) is 0 Å². The van der Waals surface area contributed by atoms with E-state index < -0.39 is 5.97 Å². The summed E-state index contributed by atoms with van der Waals surface area (Å²) in [7, 11) is 0. The summed E-state index contributed by atoms with van der Waals surface area (Å²) in [6.07, 6.45) is 5.24. The van der Waals surface area contributed by atoms with Crippen LogP contribution in [0.4, 0.5) is 0 Å². The van der Waals surface area contributed by atoms with Crippen molar-refractivity contribution < 1.29 is 30.2 Å². The van der Waals surface area contributed by atoms with Crippen molar-refractivity contribution in [2.75, 3.05) is 0 Å². The third-order valence-electron chi connectivity index (χ3n) is 1.95. The number of carboxylic acids is 1. The van der Waals surface area contributed by atoms with Gasteiger partial charge < -0.3 is 6.53 Å². The predicted octanol–water partition coefficient (Wildman–Crippen LogP) is -1.23. The van der Waals surface area contributed by atoms with Crippen molar-refractivity contribution in [3.63, 3.8) is 0 Å². The molecule has 1 fully saturated rings. The molecule has 0 aromatic carbocycles. The Kier molecular flexibility index (Phi) is 4.85. The molecule has 1 aliphatic carbocycles. The van der Waals surface area contributed by atoms with Crippen molar-refractivity contribution in [1.82, 2.24) is 0 Å². The van der Waals surface area contributed by atoms with Gasteiger partial charge in [0.15, 0.2) is 0 Å². The molecule has 2 nitrogen and oxygen atoms in total. The third-order valence-corrected chi connectivity index (χ3v) is 1.95. The summed E-state index contributed by atoms with van der Waals surface area (Å²) < 4.78 is 0. The van der Waals surface area contributed by atoms with Gasteiger partial charge in [-0.05, 0) is 12.8 Å². The molecule has 0 unspecified atom stereocenters. The first-order chi connectivity index (χ1) is 4.30. The second-order valence-electron chi connectivity index (χ2n) is 2.67. The molecule has 1 aliphatic rings. The number of carboxylic acid groups (broad SMARTS) is 1. The van der Waals surface area contributed by atoms with E-state index in [9.17, 15) is 4.79 Å². The maximum Gasteiger partial charge on any atom is 1.00 e. The van der Waals surface area contributed by atoms with Gasteiger partial charge in [0.05, 0.1) is 5.92 Å². The summed E-state index contributed by atoms with van der Waals surface area (Å²) in [5.74, 6) is -0.631. The van der Waals surface area contributed by atoms with Crippen LogP contribution in [-0.4, -0.2) is 11.1 Å². The first-order valence-electron chi connectivity index (χ1n) is 3.53. The van der Waals surface area contributed by atoms with Crippen molar-refractivity contribution >= 4 is 5.97 Å². The van der Waals surface area contributed by atoms with Crippen molar-refractivity contribution in [2.24, 2.45) is 5.92 Å². The van der Waals surface area contributed by atoms with Crippen LogP contribution in [0.3, 0.4) is 0 Å². The third kappa shape index (κ3) is 2.77. The Labute approximate surface area is 74.7 Å². The number of hydrogen-bond donors (Lipinski definition) is 1. The van der Waals surface area contributed by atoms with Crippen LogP contribution >= 0.6 is 0 Å². The topological polar surface area (TPSA) is 37.3 Å². The second kappa shape index (κ2) is 4.82. The molecule has 54 valence electrons. The molecule has 0 aromatic rings. The van der Waals surface area contributed by atoms with Gasteiger partial charge in [0.25, 0.3) is 0 Å². The van der Waals surface area contributed by atoms with Crippen LogP contribution in [0.25, 0.3) is 0 Å². The Hall–Kier alpha value is 0.0674. The Balaban J connectivity index is 0. The molecule has 0 aromatic heterocycles. The van der Waals surface area contributed by atoms with Crippen molar-refractivity contribution in [3.05, 3.63) is 0 Å². The van der Waals surface area contributed by atoms with Gasteiger partial charge in [-0.2, -0.15) is 0 Å². The van der Waals surface area contributed by atoms with Gasteiger partial charge in [0, 0.05) is 0 Å². The first-order valence-corrected chi connectivity index (χ1v) is 3.53. The Bertz CT molecular complexity index is 113. The van der Waals surface area contributed by atoms with E-state index in [4.69, 9.17) is 5.11 Å². The Morgan fingerprint density at radius 2 is 1.80 bits per heavy atom. The fourth-order valence-electron chi connectivity index (χ4n) is 1.35. The fraction of sp³-hybridized carbons (Fsp3) is 0.857. The van der Waals surface area contributed by atoms with Crippen molar-refractivity contribution in [3.8, 4) is 0 Å². The average Bonchev–Trinajstić information content (AvgIpc) is 1.90. The zero-order valence-electron chi connectivity index (χ0n) is 7.47. The largest absolute Gasteiger partial charge is 1.00 e. The summed E-state index contributed by atoms with van der Waals surface area (Å²) in [6, 6.07) is 0. The molecule has 0 bridgehead atoms. The molecule has 1 saturated carbocycles. The zero-order valence-corrected chi connectivity index (χ0v) is 6.47. The zero-order chi connectivity index (χ0) is 6.69. The Morgan fingerprint density at radius 1 is 1.30 bits per heavy atom. The van der Waals surface area contributed by atoms with Crippen molar-refractivity contribution in [2.45, 2.75) is 32.1 Å². The molecule has 10 heavy (non-hydrogen) atoms. The minimum atomic E-state index is -0.602. The van der Waals surface area contributed by atoms with Gasteiger partial charge >= 0.3 is 24.8 Å². The maximum absolute atomic E-state index is 10.4. The van der Waals surface area contributed by atoms with E-state index in [0.29, 0.717) is 0 Å². The molecular formula is C7H13LiO2. The molecule has 0 radical (unpaired) electrons. The number of rotatable bonds is 1. The number of hydrogen-bond acceptors (Lipinski definition) is 1. The van der Waals surface area contributed by atoms with Crippen LogP contribution in [-0.2, 0) is 4.79 Å². The molecule has 0 spiro atoms. The van der Waals surface area contributed by atoms with E-state index in [1.807, 2.05) is 0 Å². The van der Waals surface area contributed by atoms with Crippen LogP contribution in [0.15, 0.2) is 0 Å². The normalized spacial score (nSPS) is 19.6. The SMILES string of the molecule is O=C(O)C1CCCCC1.[H-].[Li+]. The Morgan fingerprint density at radius 3 is 2.10 bits per heavy atom. The summed E-state index contributed by atoms with van der Waals surface area (Å²) in [5, 5.41) is 8.54.